The Bertz CT molecular complexity index is 1430. The Morgan fingerprint density at radius 2 is 1.70 bits per heavy atom. The van der Waals surface area contributed by atoms with E-state index in [-0.39, 0.29) is 54.6 Å². The number of carbonyl (C=O) groups excluding carboxylic acids is 3. The maximum Gasteiger partial charge on any atom is 0.254 e. The van der Waals surface area contributed by atoms with Crippen LogP contribution in [-0.2, 0) is 14.4 Å². The standard InChI is InChI=1S/C33H41Cl4N5O4/c1-20(41-12-9-26(10-13-41)42-11-5-6-22(33(42)45)17-30(43)38-2)31(21-7-8-27(36)28(37)16-21)29(39-46-4)19-40(3)32(44)23-14-24(34)18-25(35)15-23/h7-8,14-16,18,20,22,26,31H,5-6,9-13,17,19H2,1-4H3,(H,38,43)/b39-29+. The van der Waals surface area contributed by atoms with Gasteiger partial charge in [0, 0.05) is 79.7 Å². The second-order valence-corrected chi connectivity index (χ2v) is 13.7. The fraction of sp³-hybridized carbons (Fsp3) is 0.515. The van der Waals surface area contributed by atoms with Gasteiger partial charge in [-0.05, 0) is 68.5 Å². The third-order valence-corrected chi connectivity index (χ3v) is 10.2. The molecule has 2 aromatic carbocycles. The number of rotatable bonds is 11. The van der Waals surface area contributed by atoms with Gasteiger partial charge in [-0.1, -0.05) is 57.6 Å². The van der Waals surface area contributed by atoms with Crippen molar-refractivity contribution in [1.29, 1.82) is 0 Å². The molecule has 2 aliphatic rings. The first-order valence-corrected chi connectivity index (χ1v) is 17.0. The summed E-state index contributed by atoms with van der Waals surface area (Å²) < 4.78 is 0. The number of amides is 3. The molecule has 2 fully saturated rings. The summed E-state index contributed by atoms with van der Waals surface area (Å²) >= 11 is 25.1. The van der Waals surface area contributed by atoms with E-state index < -0.39 is 0 Å². The summed E-state index contributed by atoms with van der Waals surface area (Å²) in [5.41, 5.74) is 1.88. The first-order valence-electron chi connectivity index (χ1n) is 15.4. The first-order chi connectivity index (χ1) is 21.9. The van der Waals surface area contributed by atoms with Crippen molar-refractivity contribution in [1.82, 2.24) is 20.0 Å². The molecule has 2 saturated heterocycles. The summed E-state index contributed by atoms with van der Waals surface area (Å²) in [6.07, 6.45) is 3.49. The molecule has 0 saturated carbocycles. The van der Waals surface area contributed by atoms with Crippen LogP contribution in [0.2, 0.25) is 20.1 Å². The van der Waals surface area contributed by atoms with Crippen LogP contribution in [0, 0.1) is 5.92 Å². The second-order valence-electron chi connectivity index (χ2n) is 12.0. The fourth-order valence-corrected chi connectivity index (χ4v) is 7.47. The number of benzene rings is 2. The van der Waals surface area contributed by atoms with E-state index in [1.165, 1.54) is 7.11 Å². The number of piperidine rings is 2. The van der Waals surface area contributed by atoms with Crippen LogP contribution in [0.3, 0.4) is 0 Å². The Balaban J connectivity index is 1.54. The maximum absolute atomic E-state index is 13.4. The number of likely N-dealkylation sites (tertiary alicyclic amines) is 2. The van der Waals surface area contributed by atoms with Crippen molar-refractivity contribution in [2.24, 2.45) is 11.1 Å². The van der Waals surface area contributed by atoms with Gasteiger partial charge in [0.2, 0.25) is 11.8 Å². The van der Waals surface area contributed by atoms with Gasteiger partial charge in [-0.25, -0.2) is 0 Å². The smallest absolute Gasteiger partial charge is 0.254 e. The van der Waals surface area contributed by atoms with Crippen molar-refractivity contribution in [3.05, 3.63) is 67.6 Å². The van der Waals surface area contributed by atoms with Crippen molar-refractivity contribution in [2.75, 3.05) is 47.4 Å². The van der Waals surface area contributed by atoms with Crippen LogP contribution < -0.4 is 5.32 Å². The highest BCUT2D eigenvalue weighted by molar-refractivity contribution is 6.42. The van der Waals surface area contributed by atoms with Crippen LogP contribution in [0.5, 0.6) is 0 Å². The Morgan fingerprint density at radius 3 is 2.30 bits per heavy atom. The minimum absolute atomic E-state index is 0.0748. The lowest BCUT2D eigenvalue weighted by Gasteiger charge is -2.45. The Labute approximate surface area is 291 Å². The SMILES string of the molecule is CNC(=O)CC1CCCN(C2CCN(C(C)C(/C(CN(C)C(=O)c3cc(Cl)cc(Cl)c3)=N/OC)c3ccc(Cl)c(Cl)c3)CC2)C1=O. The normalized spacial score (nSPS) is 19.5. The van der Waals surface area contributed by atoms with Crippen molar-refractivity contribution in [3.63, 3.8) is 0 Å². The van der Waals surface area contributed by atoms with E-state index in [1.54, 1.807) is 43.3 Å². The van der Waals surface area contributed by atoms with E-state index in [4.69, 9.17) is 51.2 Å². The zero-order valence-corrected chi connectivity index (χ0v) is 29.6. The molecular weight excluding hydrogens is 672 g/mol. The second kappa shape index (κ2) is 16.5. The molecule has 4 rings (SSSR count). The van der Waals surface area contributed by atoms with Crippen molar-refractivity contribution in [2.45, 2.75) is 57.0 Å². The summed E-state index contributed by atoms with van der Waals surface area (Å²) in [5, 5.41) is 8.68. The highest BCUT2D eigenvalue weighted by atomic mass is 35.5. The average Bonchev–Trinajstić information content (AvgIpc) is 3.03. The van der Waals surface area contributed by atoms with Crippen molar-refractivity contribution < 1.29 is 19.2 Å². The molecule has 3 unspecified atom stereocenters. The number of nitrogens with one attached hydrogen (secondary N) is 1. The maximum atomic E-state index is 13.4. The van der Waals surface area contributed by atoms with Crippen LogP contribution in [0.25, 0.3) is 0 Å². The molecule has 13 heteroatoms. The fourth-order valence-electron chi connectivity index (χ4n) is 6.64. The van der Waals surface area contributed by atoms with Gasteiger partial charge in [-0.15, -0.1) is 0 Å². The monoisotopic (exact) mass is 711 g/mol. The molecule has 0 radical (unpaired) electrons. The molecule has 3 amide bonds. The lowest BCUT2D eigenvalue weighted by molar-refractivity contribution is -0.144. The van der Waals surface area contributed by atoms with Gasteiger partial charge in [0.15, 0.2) is 0 Å². The number of nitrogens with zero attached hydrogens (tertiary/aromatic N) is 4. The number of carbonyl (C=O) groups is 3. The summed E-state index contributed by atoms with van der Waals surface area (Å²) in [4.78, 5) is 50.0. The van der Waals surface area contributed by atoms with Crippen molar-refractivity contribution in [3.8, 4) is 0 Å². The van der Waals surface area contributed by atoms with Gasteiger partial charge in [0.25, 0.3) is 5.91 Å². The Hall–Kier alpha value is -2.56. The van der Waals surface area contributed by atoms with E-state index in [1.807, 2.05) is 17.0 Å². The third-order valence-electron chi connectivity index (χ3n) is 9.02. The molecule has 0 aliphatic carbocycles. The summed E-state index contributed by atoms with van der Waals surface area (Å²) in [7, 11) is 4.77. The third kappa shape index (κ3) is 8.86. The Kier molecular flexibility index (Phi) is 13.0. The molecule has 46 heavy (non-hydrogen) atoms. The van der Waals surface area contributed by atoms with Crippen molar-refractivity contribution >= 4 is 69.8 Å². The molecule has 2 heterocycles. The lowest BCUT2D eigenvalue weighted by atomic mass is 9.85. The van der Waals surface area contributed by atoms with E-state index in [2.05, 4.69) is 22.3 Å². The van der Waals surface area contributed by atoms with E-state index in [9.17, 15) is 14.4 Å². The lowest BCUT2D eigenvalue weighted by Crippen LogP contribution is -2.54. The number of oxime groups is 1. The molecule has 250 valence electrons. The van der Waals surface area contributed by atoms with Gasteiger partial charge < -0.3 is 20.0 Å². The molecule has 2 aromatic rings. The van der Waals surface area contributed by atoms with Crippen LogP contribution in [0.4, 0.5) is 0 Å². The number of hydrogen-bond acceptors (Lipinski definition) is 6. The van der Waals surface area contributed by atoms with Gasteiger partial charge in [0.05, 0.1) is 22.3 Å². The quantitative estimate of drug-likeness (QED) is 0.216. The van der Waals surface area contributed by atoms with Gasteiger partial charge in [0.1, 0.15) is 7.11 Å². The largest absolute Gasteiger partial charge is 0.399 e. The summed E-state index contributed by atoms with van der Waals surface area (Å²) in [5.74, 6) is -0.860. The summed E-state index contributed by atoms with van der Waals surface area (Å²) in [6, 6.07) is 10.3. The molecule has 9 nitrogen and oxygen atoms in total. The highest BCUT2D eigenvalue weighted by Crippen LogP contribution is 2.34. The van der Waals surface area contributed by atoms with Crippen LogP contribution >= 0.6 is 46.4 Å². The van der Waals surface area contributed by atoms with E-state index in [0.29, 0.717) is 31.4 Å². The van der Waals surface area contributed by atoms with Gasteiger partial charge in [-0.3, -0.25) is 19.3 Å². The minimum Gasteiger partial charge on any atom is -0.399 e. The Morgan fingerprint density at radius 1 is 1.02 bits per heavy atom. The molecule has 0 spiro atoms. The topological polar surface area (TPSA) is 94.6 Å². The van der Waals surface area contributed by atoms with Crippen LogP contribution in [-0.4, -0.2) is 97.6 Å². The predicted molar refractivity (Wildman–Crippen MR) is 184 cm³/mol. The zero-order chi connectivity index (χ0) is 33.5. The number of halogens is 4. The molecular formula is C33H41Cl4N5O4. The highest BCUT2D eigenvalue weighted by Gasteiger charge is 2.38. The number of hydrogen-bond donors (Lipinski definition) is 1. The molecule has 3 atom stereocenters. The zero-order valence-electron chi connectivity index (χ0n) is 26.6. The van der Waals surface area contributed by atoms with Gasteiger partial charge >= 0.3 is 0 Å². The average molecular weight is 714 g/mol. The first kappa shape index (κ1) is 36.3. The van der Waals surface area contributed by atoms with E-state index >= 15 is 0 Å². The van der Waals surface area contributed by atoms with Crippen LogP contribution in [0.1, 0.15) is 60.9 Å². The molecule has 1 N–H and O–H groups in total. The van der Waals surface area contributed by atoms with Crippen LogP contribution in [0.15, 0.2) is 41.6 Å². The molecule has 0 aromatic heterocycles. The minimum atomic E-state index is -0.307. The molecule has 0 bridgehead atoms. The predicted octanol–water partition coefficient (Wildman–Crippen LogP) is 6.39. The van der Waals surface area contributed by atoms with Gasteiger partial charge in [-0.2, -0.15) is 0 Å². The van der Waals surface area contributed by atoms with E-state index in [0.717, 1.165) is 50.9 Å². The summed E-state index contributed by atoms with van der Waals surface area (Å²) in [6.45, 7) is 4.52. The molecule has 2 aliphatic heterocycles.